The number of carbonyl (C=O) groups is 1. The predicted molar refractivity (Wildman–Crippen MR) is 131 cm³/mol. The summed E-state index contributed by atoms with van der Waals surface area (Å²) in [4.78, 5) is 17.8. The lowest BCUT2D eigenvalue weighted by Crippen LogP contribution is -2.17. The van der Waals surface area contributed by atoms with E-state index < -0.39 is 0 Å². The number of nitrogens with one attached hydrogen (secondary N) is 1. The molecule has 4 nitrogen and oxygen atoms in total. The number of hydrogen-bond acceptors (Lipinski definition) is 2. The Morgan fingerprint density at radius 1 is 1.03 bits per heavy atom. The van der Waals surface area contributed by atoms with Crippen LogP contribution in [0, 0.1) is 0 Å². The Morgan fingerprint density at radius 2 is 1.78 bits per heavy atom. The number of fused-ring (bicyclic) bond motifs is 2. The molecule has 0 aliphatic carbocycles. The van der Waals surface area contributed by atoms with Gasteiger partial charge in [0.2, 0.25) is 5.91 Å². The predicted octanol–water partition coefficient (Wildman–Crippen LogP) is 6.54. The van der Waals surface area contributed by atoms with Crippen LogP contribution < -0.4 is 5.32 Å². The van der Waals surface area contributed by atoms with E-state index in [1.807, 2.05) is 61.8 Å². The Hall–Kier alpha value is -3.63. The number of anilines is 1. The summed E-state index contributed by atoms with van der Waals surface area (Å²) < 4.78 is 2.11. The first kappa shape index (κ1) is 20.3. The third-order valence-corrected chi connectivity index (χ3v) is 6.18. The van der Waals surface area contributed by atoms with Crippen molar-refractivity contribution in [2.45, 2.75) is 12.3 Å². The van der Waals surface area contributed by atoms with Crippen LogP contribution in [0.1, 0.15) is 23.5 Å². The summed E-state index contributed by atoms with van der Waals surface area (Å²) >= 11 is 6.26. The summed E-state index contributed by atoms with van der Waals surface area (Å²) in [6.07, 6.45) is 4.28. The number of pyridine rings is 1. The minimum Gasteiger partial charge on any atom is -0.350 e. The molecule has 0 aliphatic rings. The van der Waals surface area contributed by atoms with Crippen molar-refractivity contribution in [3.63, 3.8) is 0 Å². The van der Waals surface area contributed by atoms with Crippen LogP contribution in [-0.4, -0.2) is 15.5 Å². The van der Waals surface area contributed by atoms with Gasteiger partial charge in [0.15, 0.2) is 0 Å². The van der Waals surface area contributed by atoms with E-state index in [4.69, 9.17) is 11.6 Å². The first-order valence-electron chi connectivity index (χ1n) is 10.5. The maximum atomic E-state index is 13.1. The molecule has 2 heterocycles. The van der Waals surface area contributed by atoms with Crippen molar-refractivity contribution in [1.82, 2.24) is 9.55 Å². The highest BCUT2D eigenvalue weighted by atomic mass is 35.5. The van der Waals surface area contributed by atoms with Crippen LogP contribution in [-0.2, 0) is 11.8 Å². The van der Waals surface area contributed by atoms with Gasteiger partial charge in [0.25, 0.3) is 0 Å². The van der Waals surface area contributed by atoms with E-state index in [1.165, 1.54) is 0 Å². The number of aryl methyl sites for hydroxylation is 1. The molecule has 0 bridgehead atoms. The molecule has 5 heteroatoms. The summed E-state index contributed by atoms with van der Waals surface area (Å²) in [5.41, 5.74) is 4.80. The van der Waals surface area contributed by atoms with E-state index in [9.17, 15) is 4.79 Å². The summed E-state index contributed by atoms with van der Waals surface area (Å²) in [5.74, 6) is -0.245. The molecule has 0 saturated carbocycles. The smallest absolute Gasteiger partial charge is 0.225 e. The quantitative estimate of drug-likeness (QED) is 0.338. The minimum absolute atomic E-state index is 0.0933. The molecule has 32 heavy (non-hydrogen) atoms. The fourth-order valence-electron chi connectivity index (χ4n) is 4.29. The average molecular weight is 440 g/mol. The Bertz CT molecular complexity index is 1440. The molecule has 1 atom stereocenters. The van der Waals surface area contributed by atoms with Gasteiger partial charge in [0, 0.05) is 48.1 Å². The Morgan fingerprint density at radius 3 is 2.66 bits per heavy atom. The standard InChI is InChI=1S/C27H22ClN3O/c1-31-17-22(20-9-3-7-13-26(20)31)21(15-27(32)30-25-12-6-4-10-23(25)28)19-14-18-8-2-5-11-24(18)29-16-19/h2-14,16-17,21H,15H2,1H3,(H,30,32). The monoisotopic (exact) mass is 439 g/mol. The number of rotatable bonds is 5. The maximum Gasteiger partial charge on any atom is 0.225 e. The molecule has 2 aromatic heterocycles. The van der Waals surface area contributed by atoms with Crippen LogP contribution in [0.5, 0.6) is 0 Å². The summed E-state index contributed by atoms with van der Waals surface area (Å²) in [6.45, 7) is 0. The second-order valence-corrected chi connectivity index (χ2v) is 8.37. The van der Waals surface area contributed by atoms with Crippen LogP contribution in [0.4, 0.5) is 5.69 Å². The van der Waals surface area contributed by atoms with Gasteiger partial charge >= 0.3 is 0 Å². The summed E-state index contributed by atoms with van der Waals surface area (Å²) in [7, 11) is 2.03. The molecule has 0 radical (unpaired) electrons. The number of carbonyl (C=O) groups excluding carboxylic acids is 1. The van der Waals surface area contributed by atoms with Crippen molar-refractivity contribution in [3.05, 3.63) is 107 Å². The summed E-state index contributed by atoms with van der Waals surface area (Å²) in [5, 5.41) is 5.69. The van der Waals surface area contributed by atoms with Gasteiger partial charge in [-0.25, -0.2) is 0 Å². The van der Waals surface area contributed by atoms with Gasteiger partial charge in [-0.2, -0.15) is 0 Å². The van der Waals surface area contributed by atoms with E-state index in [2.05, 4.69) is 45.3 Å². The highest BCUT2D eigenvalue weighted by molar-refractivity contribution is 6.33. The van der Waals surface area contributed by atoms with Gasteiger partial charge in [-0.1, -0.05) is 60.1 Å². The fourth-order valence-corrected chi connectivity index (χ4v) is 4.47. The topological polar surface area (TPSA) is 46.9 Å². The third kappa shape index (κ3) is 3.85. The molecular formula is C27H22ClN3O. The number of amides is 1. The van der Waals surface area contributed by atoms with E-state index in [0.29, 0.717) is 10.7 Å². The van der Waals surface area contributed by atoms with Gasteiger partial charge in [-0.3, -0.25) is 9.78 Å². The highest BCUT2D eigenvalue weighted by Gasteiger charge is 2.23. The zero-order valence-corrected chi connectivity index (χ0v) is 18.4. The van der Waals surface area contributed by atoms with Crippen LogP contribution in [0.3, 0.4) is 0 Å². The second-order valence-electron chi connectivity index (χ2n) is 7.96. The average Bonchev–Trinajstić information content (AvgIpc) is 3.15. The van der Waals surface area contributed by atoms with Gasteiger partial charge in [-0.05, 0) is 41.5 Å². The molecule has 0 spiro atoms. The Labute approximate surface area is 191 Å². The zero-order valence-electron chi connectivity index (χ0n) is 17.6. The van der Waals surface area contributed by atoms with E-state index in [0.717, 1.165) is 32.9 Å². The molecule has 1 N–H and O–H groups in total. The van der Waals surface area contributed by atoms with Gasteiger partial charge in [0.1, 0.15) is 0 Å². The normalized spacial score (nSPS) is 12.2. The minimum atomic E-state index is -0.152. The Kier molecular flexibility index (Phi) is 5.38. The number of halogens is 1. The lowest BCUT2D eigenvalue weighted by molar-refractivity contribution is -0.116. The van der Waals surface area contributed by atoms with Crippen molar-refractivity contribution in [3.8, 4) is 0 Å². The van der Waals surface area contributed by atoms with Gasteiger partial charge in [-0.15, -0.1) is 0 Å². The van der Waals surface area contributed by atoms with E-state index in [-0.39, 0.29) is 18.2 Å². The molecule has 0 fully saturated rings. The highest BCUT2D eigenvalue weighted by Crippen LogP contribution is 2.35. The van der Waals surface area contributed by atoms with Crippen molar-refractivity contribution in [2.75, 3.05) is 5.32 Å². The lowest BCUT2D eigenvalue weighted by atomic mass is 9.88. The first-order chi connectivity index (χ1) is 15.6. The fraction of sp³-hybridized carbons (Fsp3) is 0.111. The van der Waals surface area contributed by atoms with Crippen molar-refractivity contribution in [2.24, 2.45) is 7.05 Å². The van der Waals surface area contributed by atoms with Gasteiger partial charge < -0.3 is 9.88 Å². The number of nitrogens with zero attached hydrogens (tertiary/aromatic N) is 2. The molecule has 0 aliphatic heterocycles. The molecule has 3 aromatic carbocycles. The SMILES string of the molecule is Cn1cc(C(CC(=O)Nc2ccccc2Cl)c2cnc3ccccc3c2)c2ccccc21. The molecule has 1 amide bonds. The number of hydrogen-bond donors (Lipinski definition) is 1. The molecule has 5 aromatic rings. The van der Waals surface area contributed by atoms with Crippen LogP contribution >= 0.6 is 11.6 Å². The number of para-hydroxylation sites is 3. The number of aromatic nitrogens is 2. The Balaban J connectivity index is 1.58. The van der Waals surface area contributed by atoms with Crippen molar-refractivity contribution in [1.29, 1.82) is 0 Å². The second kappa shape index (κ2) is 8.48. The van der Waals surface area contributed by atoms with Crippen molar-refractivity contribution < 1.29 is 4.79 Å². The largest absolute Gasteiger partial charge is 0.350 e. The first-order valence-corrected chi connectivity index (χ1v) is 10.9. The maximum absolute atomic E-state index is 13.1. The van der Waals surface area contributed by atoms with E-state index >= 15 is 0 Å². The van der Waals surface area contributed by atoms with E-state index in [1.54, 1.807) is 6.07 Å². The molecule has 0 saturated heterocycles. The number of benzene rings is 3. The summed E-state index contributed by atoms with van der Waals surface area (Å²) in [6, 6.07) is 25.7. The van der Waals surface area contributed by atoms with Crippen LogP contribution in [0.25, 0.3) is 21.8 Å². The molecule has 1 unspecified atom stereocenters. The molecule has 5 rings (SSSR count). The molecule has 158 valence electrons. The lowest BCUT2D eigenvalue weighted by Gasteiger charge is -2.18. The van der Waals surface area contributed by atoms with Crippen LogP contribution in [0.2, 0.25) is 5.02 Å². The third-order valence-electron chi connectivity index (χ3n) is 5.85. The van der Waals surface area contributed by atoms with Gasteiger partial charge in [0.05, 0.1) is 16.2 Å². The van der Waals surface area contributed by atoms with Crippen molar-refractivity contribution >= 4 is 45.0 Å². The van der Waals surface area contributed by atoms with Crippen LogP contribution in [0.15, 0.2) is 91.3 Å². The molecular weight excluding hydrogens is 418 g/mol. The zero-order chi connectivity index (χ0) is 22.1.